The summed E-state index contributed by atoms with van der Waals surface area (Å²) in [5.41, 5.74) is 5.76. The smallest absolute Gasteiger partial charge is 0.108 e. The molecule has 0 spiro atoms. The molecule has 0 aromatic rings. The molecule has 2 heterocycles. The second-order valence-corrected chi connectivity index (χ2v) is 7.47. The first-order valence-corrected chi connectivity index (χ1v) is 8.37. The van der Waals surface area contributed by atoms with Gasteiger partial charge in [0.1, 0.15) is 5.37 Å². The first-order valence-electron chi connectivity index (χ1n) is 6.66. The molecule has 2 aliphatic heterocycles. The maximum Gasteiger partial charge on any atom is 0.108 e. The van der Waals surface area contributed by atoms with Crippen molar-refractivity contribution in [2.24, 2.45) is 0 Å². The fraction of sp³-hybridized carbons (Fsp3) is 0.533. The Hall–Kier alpha value is -0.893. The standard InChI is InChI=1S/C15H22OSi/c1-6-12-13(7-2)17(8-3)15-14(12)11(5)10(4)9-16-15/h9H,6-8H2,1-5H3. The van der Waals surface area contributed by atoms with Gasteiger partial charge in [-0.05, 0) is 49.4 Å². The summed E-state index contributed by atoms with van der Waals surface area (Å²) in [6, 6.07) is 1.25. The van der Waals surface area contributed by atoms with Crippen LogP contribution in [0.15, 0.2) is 10.7 Å². The summed E-state index contributed by atoms with van der Waals surface area (Å²) in [7, 11) is -0.584. The molecular formula is C15H22OSi. The number of hydrogen-bond acceptors (Lipinski definition) is 1. The van der Waals surface area contributed by atoms with Crippen LogP contribution in [0.25, 0.3) is 10.9 Å². The Labute approximate surface area is 106 Å². The minimum Gasteiger partial charge on any atom is -0.470 e. The highest BCUT2D eigenvalue weighted by Gasteiger charge is 2.24. The molecule has 2 rings (SSSR count). The summed E-state index contributed by atoms with van der Waals surface area (Å²) < 4.78 is 5.95. The summed E-state index contributed by atoms with van der Waals surface area (Å²) >= 11 is 0. The Bertz CT molecular complexity index is 511. The van der Waals surface area contributed by atoms with Gasteiger partial charge in [-0.3, -0.25) is 0 Å². The Kier molecular flexibility index (Phi) is 3.52. The lowest BCUT2D eigenvalue weighted by Gasteiger charge is -2.10. The molecule has 1 nitrogen and oxygen atoms in total. The molecule has 0 fully saturated rings. The normalized spacial score (nSPS) is 11.4. The van der Waals surface area contributed by atoms with Crippen LogP contribution in [-0.4, -0.2) is 8.40 Å². The zero-order valence-electron chi connectivity index (χ0n) is 11.6. The van der Waals surface area contributed by atoms with Crippen LogP contribution in [0, 0.1) is 13.8 Å². The molecule has 0 N–H and O–H groups in total. The summed E-state index contributed by atoms with van der Waals surface area (Å²) in [4.78, 5) is 0. The largest absolute Gasteiger partial charge is 0.470 e. The van der Waals surface area contributed by atoms with Crippen LogP contribution in [0.5, 0.6) is 0 Å². The fourth-order valence-electron chi connectivity index (χ4n) is 2.91. The minimum atomic E-state index is -0.584. The number of hydrogen-bond donors (Lipinski definition) is 0. The van der Waals surface area contributed by atoms with Crippen LogP contribution in [-0.2, 0) is 18.9 Å². The highest BCUT2D eigenvalue weighted by molar-refractivity contribution is 6.61. The van der Waals surface area contributed by atoms with Crippen molar-refractivity contribution in [3.8, 4) is 10.9 Å². The van der Waals surface area contributed by atoms with E-state index in [1.54, 1.807) is 10.7 Å². The Morgan fingerprint density at radius 1 is 1.12 bits per heavy atom. The van der Waals surface area contributed by atoms with E-state index in [0.29, 0.717) is 0 Å². The third-order valence-corrected chi connectivity index (χ3v) is 6.92. The second-order valence-electron chi connectivity index (χ2n) is 4.74. The van der Waals surface area contributed by atoms with Gasteiger partial charge in [0.15, 0.2) is 0 Å². The summed E-state index contributed by atoms with van der Waals surface area (Å²) in [6.45, 7) is 11.3. The summed E-state index contributed by atoms with van der Waals surface area (Å²) in [5, 5.41) is 3.02. The van der Waals surface area contributed by atoms with Crippen LogP contribution < -0.4 is 0 Å². The fourth-order valence-corrected chi connectivity index (χ4v) is 5.86. The van der Waals surface area contributed by atoms with Crippen LogP contribution in [0.2, 0.25) is 0 Å². The average molecular weight is 246 g/mol. The number of aryl methyl sites for hydroxylation is 1. The zero-order chi connectivity index (χ0) is 12.6. The van der Waals surface area contributed by atoms with Crippen molar-refractivity contribution >= 4 is 8.40 Å². The van der Waals surface area contributed by atoms with Gasteiger partial charge < -0.3 is 4.42 Å². The van der Waals surface area contributed by atoms with Gasteiger partial charge in [-0.1, -0.05) is 25.9 Å². The molecule has 92 valence electrons. The van der Waals surface area contributed by atoms with Gasteiger partial charge in [0.2, 0.25) is 0 Å². The van der Waals surface area contributed by atoms with Crippen molar-refractivity contribution < 1.29 is 4.42 Å². The summed E-state index contributed by atoms with van der Waals surface area (Å²) in [6.07, 6.45) is 4.28. The highest BCUT2D eigenvalue weighted by Crippen LogP contribution is 2.36. The van der Waals surface area contributed by atoms with Gasteiger partial charge in [0.25, 0.3) is 0 Å². The van der Waals surface area contributed by atoms with E-state index in [1.165, 1.54) is 34.5 Å². The van der Waals surface area contributed by atoms with Crippen molar-refractivity contribution in [1.82, 2.24) is 0 Å². The molecule has 0 unspecified atom stereocenters. The van der Waals surface area contributed by atoms with E-state index in [0.717, 1.165) is 6.42 Å². The molecule has 0 amide bonds. The Morgan fingerprint density at radius 2 is 1.82 bits per heavy atom. The molecule has 0 aliphatic carbocycles. The van der Waals surface area contributed by atoms with E-state index >= 15 is 0 Å². The van der Waals surface area contributed by atoms with Gasteiger partial charge in [0.05, 0.1) is 14.7 Å². The van der Waals surface area contributed by atoms with Crippen molar-refractivity contribution in [1.29, 1.82) is 0 Å². The van der Waals surface area contributed by atoms with Crippen molar-refractivity contribution in [3.05, 3.63) is 28.1 Å². The third-order valence-electron chi connectivity index (χ3n) is 3.91. The molecule has 2 aliphatic rings. The quantitative estimate of drug-likeness (QED) is 0.741. The molecule has 0 saturated carbocycles. The molecular weight excluding hydrogens is 224 g/mol. The summed E-state index contributed by atoms with van der Waals surface area (Å²) in [5.74, 6) is 0. The first-order chi connectivity index (χ1) is 8.15. The van der Waals surface area contributed by atoms with Crippen molar-refractivity contribution in [2.75, 3.05) is 0 Å². The first kappa shape index (κ1) is 12.6. The third kappa shape index (κ3) is 1.79. The molecule has 0 atom stereocenters. The van der Waals surface area contributed by atoms with Crippen molar-refractivity contribution in [3.63, 3.8) is 0 Å². The number of fused-ring (bicyclic) bond motifs is 1. The van der Waals surface area contributed by atoms with Crippen LogP contribution in [0.3, 0.4) is 0 Å². The number of rotatable bonds is 3. The van der Waals surface area contributed by atoms with E-state index in [-0.39, 0.29) is 0 Å². The van der Waals surface area contributed by atoms with Crippen LogP contribution in [0.4, 0.5) is 0 Å². The van der Waals surface area contributed by atoms with Gasteiger partial charge in [0, 0.05) is 5.56 Å². The Balaban J connectivity index is 2.86. The molecule has 0 radical (unpaired) electrons. The molecule has 0 aromatic heterocycles. The lowest BCUT2D eigenvalue weighted by molar-refractivity contribution is 0.567. The average Bonchev–Trinajstić information content (AvgIpc) is 2.66. The topological polar surface area (TPSA) is 13.1 Å². The van der Waals surface area contributed by atoms with E-state index in [2.05, 4.69) is 34.6 Å². The van der Waals surface area contributed by atoms with Crippen LogP contribution >= 0.6 is 0 Å². The monoisotopic (exact) mass is 246 g/mol. The molecule has 2 heteroatoms. The van der Waals surface area contributed by atoms with Gasteiger partial charge in [-0.2, -0.15) is 0 Å². The van der Waals surface area contributed by atoms with E-state index in [4.69, 9.17) is 4.42 Å². The van der Waals surface area contributed by atoms with Crippen LogP contribution in [0.1, 0.15) is 42.6 Å². The lowest BCUT2D eigenvalue weighted by Crippen LogP contribution is -2.03. The maximum absolute atomic E-state index is 5.95. The second kappa shape index (κ2) is 4.77. The minimum absolute atomic E-state index is 0.584. The SMILES string of the molecule is CCc1c2c(C)c(C)coc-2[si](CC)c1CC. The predicted octanol–water partition coefficient (Wildman–Crippen LogP) is 4.17. The van der Waals surface area contributed by atoms with E-state index in [1.807, 2.05) is 6.26 Å². The Morgan fingerprint density at radius 3 is 2.35 bits per heavy atom. The predicted molar refractivity (Wildman–Crippen MR) is 75.2 cm³/mol. The zero-order valence-corrected chi connectivity index (χ0v) is 12.6. The molecule has 0 bridgehead atoms. The molecule has 0 aromatic carbocycles. The van der Waals surface area contributed by atoms with Gasteiger partial charge in [-0.25, -0.2) is 0 Å². The highest BCUT2D eigenvalue weighted by atomic mass is 28.2. The molecule has 17 heavy (non-hydrogen) atoms. The van der Waals surface area contributed by atoms with E-state index < -0.39 is 8.40 Å². The molecule has 0 saturated heterocycles. The van der Waals surface area contributed by atoms with Gasteiger partial charge >= 0.3 is 0 Å². The van der Waals surface area contributed by atoms with Crippen molar-refractivity contribution in [2.45, 2.75) is 53.5 Å². The van der Waals surface area contributed by atoms with Gasteiger partial charge in [-0.15, -0.1) is 0 Å². The van der Waals surface area contributed by atoms with E-state index in [9.17, 15) is 0 Å². The maximum atomic E-state index is 5.95. The lowest BCUT2D eigenvalue weighted by atomic mass is 9.99.